The molecular formula is C12H14N2O2. The minimum atomic E-state index is -1.10. The fourth-order valence-electron chi connectivity index (χ4n) is 1.15. The number of para-hydroxylation sites is 1. The summed E-state index contributed by atoms with van der Waals surface area (Å²) in [5.41, 5.74) is 0.689. The predicted molar refractivity (Wildman–Crippen MR) is 61.7 cm³/mol. The number of aryl methyl sites for hydroxylation is 1. The second kappa shape index (κ2) is 4.88. The highest BCUT2D eigenvalue weighted by molar-refractivity contribution is 6.05. The lowest BCUT2D eigenvalue weighted by atomic mass is 10.0. The van der Waals surface area contributed by atoms with E-state index in [2.05, 4.69) is 9.88 Å². The van der Waals surface area contributed by atoms with Gasteiger partial charge in [-0.1, -0.05) is 18.2 Å². The first kappa shape index (κ1) is 12.4. The number of rotatable bonds is 3. The summed E-state index contributed by atoms with van der Waals surface area (Å²) in [5, 5.41) is 17.7. The van der Waals surface area contributed by atoms with Crippen LogP contribution in [0.5, 0.6) is 0 Å². The van der Waals surface area contributed by atoms with E-state index in [4.69, 9.17) is 10.5 Å². The van der Waals surface area contributed by atoms with E-state index >= 15 is 0 Å². The van der Waals surface area contributed by atoms with Crippen molar-refractivity contribution in [3.63, 3.8) is 0 Å². The fraction of sp³-hybridized carbons (Fsp3) is 0.333. The van der Waals surface area contributed by atoms with Crippen molar-refractivity contribution in [1.29, 1.82) is 5.26 Å². The molecular weight excluding hydrogens is 204 g/mol. The molecule has 0 fully saturated rings. The molecule has 1 aromatic carbocycles. The van der Waals surface area contributed by atoms with Crippen LogP contribution in [0, 0.1) is 18.3 Å². The Balaban J connectivity index is 3.17. The number of aliphatic imine (C=N–C) groups is 1. The van der Waals surface area contributed by atoms with Crippen molar-refractivity contribution < 1.29 is 10.1 Å². The Bertz CT molecular complexity index is 445. The summed E-state index contributed by atoms with van der Waals surface area (Å²) in [6.45, 7) is 5.06. The summed E-state index contributed by atoms with van der Waals surface area (Å²) in [6.07, 6.45) is 0. The van der Waals surface area contributed by atoms with Gasteiger partial charge >= 0.3 is 0 Å². The molecule has 0 saturated heterocycles. The minimum Gasteiger partial charge on any atom is -0.251 e. The van der Waals surface area contributed by atoms with E-state index in [-0.39, 0.29) is 5.71 Å². The number of nitriles is 1. The van der Waals surface area contributed by atoms with Crippen LogP contribution in [0.1, 0.15) is 19.4 Å². The van der Waals surface area contributed by atoms with Crippen molar-refractivity contribution in [2.75, 3.05) is 0 Å². The van der Waals surface area contributed by atoms with Crippen LogP contribution in [-0.4, -0.2) is 16.6 Å². The molecule has 1 rings (SSSR count). The van der Waals surface area contributed by atoms with Gasteiger partial charge in [0, 0.05) is 0 Å². The van der Waals surface area contributed by atoms with Gasteiger partial charge in [-0.3, -0.25) is 5.26 Å². The van der Waals surface area contributed by atoms with Gasteiger partial charge in [-0.2, -0.15) is 5.26 Å². The van der Waals surface area contributed by atoms with E-state index in [1.807, 2.05) is 31.2 Å². The molecule has 4 heteroatoms. The number of hydrogen-bond acceptors (Lipinski definition) is 4. The highest BCUT2D eigenvalue weighted by Gasteiger charge is 2.26. The Kier molecular flexibility index (Phi) is 3.78. The van der Waals surface area contributed by atoms with Gasteiger partial charge < -0.3 is 0 Å². The Morgan fingerprint density at radius 3 is 2.56 bits per heavy atom. The zero-order valence-electron chi connectivity index (χ0n) is 9.56. The normalized spacial score (nSPS) is 12.3. The molecule has 0 spiro atoms. The monoisotopic (exact) mass is 218 g/mol. The molecule has 0 radical (unpaired) electrons. The van der Waals surface area contributed by atoms with E-state index in [9.17, 15) is 0 Å². The average Bonchev–Trinajstić information content (AvgIpc) is 2.27. The maximum Gasteiger partial charge on any atom is 0.152 e. The Labute approximate surface area is 94.7 Å². The van der Waals surface area contributed by atoms with Gasteiger partial charge in [-0.05, 0) is 32.4 Å². The molecule has 0 bridgehead atoms. The van der Waals surface area contributed by atoms with Crippen LogP contribution in [-0.2, 0) is 4.89 Å². The molecule has 0 aromatic heterocycles. The van der Waals surface area contributed by atoms with Crippen molar-refractivity contribution >= 4 is 11.4 Å². The molecule has 84 valence electrons. The number of hydrogen-bond donors (Lipinski definition) is 1. The summed E-state index contributed by atoms with van der Waals surface area (Å²) < 4.78 is 0. The summed E-state index contributed by atoms with van der Waals surface area (Å²) in [4.78, 5) is 8.44. The summed E-state index contributed by atoms with van der Waals surface area (Å²) in [5.74, 6) is 0. The van der Waals surface area contributed by atoms with Gasteiger partial charge in [0.1, 0.15) is 11.7 Å². The third-order valence-corrected chi connectivity index (χ3v) is 2.25. The van der Waals surface area contributed by atoms with Gasteiger partial charge in [0.15, 0.2) is 5.71 Å². The molecule has 0 atom stereocenters. The van der Waals surface area contributed by atoms with Crippen molar-refractivity contribution in [3.8, 4) is 6.07 Å². The van der Waals surface area contributed by atoms with Crippen molar-refractivity contribution in [3.05, 3.63) is 29.8 Å². The zero-order valence-corrected chi connectivity index (χ0v) is 9.56. The van der Waals surface area contributed by atoms with Crippen LogP contribution in [0.3, 0.4) is 0 Å². The van der Waals surface area contributed by atoms with Crippen molar-refractivity contribution in [1.82, 2.24) is 0 Å². The third kappa shape index (κ3) is 2.66. The molecule has 0 unspecified atom stereocenters. The fourth-order valence-corrected chi connectivity index (χ4v) is 1.15. The molecule has 4 nitrogen and oxygen atoms in total. The lowest BCUT2D eigenvalue weighted by Gasteiger charge is -2.18. The lowest BCUT2D eigenvalue weighted by Crippen LogP contribution is -2.32. The first-order valence-corrected chi connectivity index (χ1v) is 4.88. The van der Waals surface area contributed by atoms with Crippen molar-refractivity contribution in [2.24, 2.45) is 4.99 Å². The average molecular weight is 218 g/mol. The standard InChI is InChI=1S/C12H14N2O2/c1-9-6-4-5-7-10(9)14-11(8-13)12(2,3)16-15/h4-7,15H,1-3H3. The Morgan fingerprint density at radius 2 is 2.06 bits per heavy atom. The van der Waals surface area contributed by atoms with Gasteiger partial charge in [0.2, 0.25) is 0 Å². The maximum atomic E-state index is 8.97. The van der Waals surface area contributed by atoms with Crippen LogP contribution in [0.2, 0.25) is 0 Å². The van der Waals surface area contributed by atoms with Gasteiger partial charge in [-0.25, -0.2) is 9.88 Å². The first-order chi connectivity index (χ1) is 7.51. The van der Waals surface area contributed by atoms with Crippen LogP contribution >= 0.6 is 0 Å². The molecule has 0 aliphatic carbocycles. The molecule has 0 aliphatic heterocycles. The Morgan fingerprint density at radius 1 is 1.44 bits per heavy atom. The second-order valence-corrected chi connectivity index (χ2v) is 3.96. The first-order valence-electron chi connectivity index (χ1n) is 4.88. The molecule has 0 amide bonds. The maximum absolute atomic E-state index is 8.97. The molecule has 0 heterocycles. The van der Waals surface area contributed by atoms with Gasteiger partial charge in [0.05, 0.1) is 5.69 Å². The highest BCUT2D eigenvalue weighted by atomic mass is 17.1. The zero-order chi connectivity index (χ0) is 12.2. The van der Waals surface area contributed by atoms with Crippen LogP contribution in [0.4, 0.5) is 5.69 Å². The predicted octanol–water partition coefficient (Wildman–Crippen LogP) is 2.86. The van der Waals surface area contributed by atoms with Gasteiger partial charge in [-0.15, -0.1) is 0 Å². The molecule has 1 aromatic rings. The summed E-state index contributed by atoms with van der Waals surface area (Å²) in [7, 11) is 0. The van der Waals surface area contributed by atoms with Crippen molar-refractivity contribution in [2.45, 2.75) is 26.4 Å². The SMILES string of the molecule is Cc1ccccc1N=C(C#N)C(C)(C)OO. The largest absolute Gasteiger partial charge is 0.251 e. The number of benzene rings is 1. The third-order valence-electron chi connectivity index (χ3n) is 2.25. The summed E-state index contributed by atoms with van der Waals surface area (Å²) in [6, 6.07) is 9.38. The quantitative estimate of drug-likeness (QED) is 0.482. The Hall–Kier alpha value is -1.70. The van der Waals surface area contributed by atoms with E-state index in [1.54, 1.807) is 19.9 Å². The minimum absolute atomic E-state index is 0.129. The van der Waals surface area contributed by atoms with E-state index in [0.717, 1.165) is 5.56 Å². The molecule has 16 heavy (non-hydrogen) atoms. The van der Waals surface area contributed by atoms with Crippen LogP contribution < -0.4 is 0 Å². The van der Waals surface area contributed by atoms with Crippen LogP contribution in [0.25, 0.3) is 0 Å². The number of nitrogens with zero attached hydrogens (tertiary/aromatic N) is 2. The van der Waals surface area contributed by atoms with E-state index in [1.165, 1.54) is 0 Å². The summed E-state index contributed by atoms with van der Waals surface area (Å²) >= 11 is 0. The van der Waals surface area contributed by atoms with E-state index in [0.29, 0.717) is 5.69 Å². The van der Waals surface area contributed by atoms with Gasteiger partial charge in [0.25, 0.3) is 0 Å². The topological polar surface area (TPSA) is 65.6 Å². The molecule has 0 saturated carbocycles. The molecule has 0 aliphatic rings. The lowest BCUT2D eigenvalue weighted by molar-refractivity contribution is -0.289. The van der Waals surface area contributed by atoms with Crippen LogP contribution in [0.15, 0.2) is 29.3 Å². The second-order valence-electron chi connectivity index (χ2n) is 3.96. The highest BCUT2D eigenvalue weighted by Crippen LogP contribution is 2.20. The molecule has 1 N–H and O–H groups in total. The van der Waals surface area contributed by atoms with E-state index < -0.39 is 5.60 Å². The smallest absolute Gasteiger partial charge is 0.152 e.